The van der Waals surface area contributed by atoms with Gasteiger partial charge in [0, 0.05) is 0 Å². The summed E-state index contributed by atoms with van der Waals surface area (Å²) in [4.78, 5) is 12.5. The zero-order chi connectivity index (χ0) is 38.0. The summed E-state index contributed by atoms with van der Waals surface area (Å²) in [5, 5.41) is 33.5. The highest BCUT2D eigenvalue weighted by Crippen LogP contribution is 2.17. The molecule has 0 heterocycles. The lowest BCUT2D eigenvalue weighted by Crippen LogP contribution is -2.46. The monoisotopic (exact) mass is 736 g/mol. The molecule has 0 bridgehead atoms. The lowest BCUT2D eigenvalue weighted by Gasteiger charge is -2.23. The molecule has 0 radical (unpaired) electrons. The first-order valence-electron chi connectivity index (χ1n) is 23.5. The zero-order valence-corrected chi connectivity index (χ0v) is 35.2. The predicted octanol–water partition coefficient (Wildman–Crippen LogP) is 13.6. The summed E-state index contributed by atoms with van der Waals surface area (Å²) in [6, 6.07) is -0.658. The van der Waals surface area contributed by atoms with Gasteiger partial charge in [0.1, 0.15) is 0 Å². The Balaban J connectivity index is 3.59. The minimum absolute atomic E-state index is 0.0339. The van der Waals surface area contributed by atoms with E-state index in [1.807, 2.05) is 0 Å². The molecule has 3 unspecified atom stereocenters. The van der Waals surface area contributed by atoms with Crippen LogP contribution in [0.4, 0.5) is 0 Å². The van der Waals surface area contributed by atoms with Crippen molar-refractivity contribution in [2.75, 3.05) is 6.61 Å². The van der Waals surface area contributed by atoms with E-state index in [2.05, 4.69) is 31.3 Å². The molecule has 0 aliphatic heterocycles. The van der Waals surface area contributed by atoms with Crippen LogP contribution in [0.2, 0.25) is 0 Å². The molecule has 0 spiro atoms. The molecule has 1 amide bonds. The summed E-state index contributed by atoms with van der Waals surface area (Å²) in [6.45, 7) is 4.28. The van der Waals surface area contributed by atoms with Gasteiger partial charge < -0.3 is 20.6 Å². The van der Waals surface area contributed by atoms with Gasteiger partial charge in [-0.05, 0) is 38.5 Å². The highest BCUT2D eigenvalue weighted by molar-refractivity contribution is 5.76. The molecular weight excluding hydrogens is 643 g/mol. The van der Waals surface area contributed by atoms with Gasteiger partial charge in [-0.2, -0.15) is 0 Å². The topological polar surface area (TPSA) is 89.8 Å². The molecule has 0 aromatic heterocycles. The Hall–Kier alpha value is -0.910. The molecule has 5 heteroatoms. The van der Waals surface area contributed by atoms with Crippen molar-refractivity contribution in [3.05, 3.63) is 12.2 Å². The van der Waals surface area contributed by atoms with Gasteiger partial charge in [0.25, 0.3) is 0 Å². The van der Waals surface area contributed by atoms with E-state index in [-0.39, 0.29) is 18.9 Å². The Morgan fingerprint density at radius 2 is 0.769 bits per heavy atom. The number of rotatable bonds is 43. The molecule has 0 aliphatic carbocycles. The van der Waals surface area contributed by atoms with E-state index in [1.54, 1.807) is 0 Å². The maximum Gasteiger partial charge on any atom is 0.222 e. The van der Waals surface area contributed by atoms with Crippen molar-refractivity contribution in [2.24, 2.45) is 0 Å². The maximum absolute atomic E-state index is 12.5. The fourth-order valence-corrected chi connectivity index (χ4v) is 7.46. The SMILES string of the molecule is CCCCCCCCCC/C=C\CCCCCCCC(O)CC(=O)NC(CO)C(O)CCCCCCCCCCCCCCCCCCCCCC. The minimum Gasteiger partial charge on any atom is -0.394 e. The average Bonchev–Trinajstić information content (AvgIpc) is 3.14. The van der Waals surface area contributed by atoms with E-state index in [1.165, 1.54) is 193 Å². The standard InChI is InChI=1S/C47H93NO4/c1-3-5-7-9-11-13-15-17-19-21-22-23-25-27-29-31-33-35-37-39-41-46(51)45(43-49)48-47(52)42-44(50)40-38-36-34-32-30-28-26-24-20-18-16-14-12-10-8-6-4-2/h24,26,44-46,49-51H,3-23,25,27-43H2,1-2H3,(H,48,52)/b26-24-. The maximum atomic E-state index is 12.5. The number of allylic oxidation sites excluding steroid dienone is 2. The van der Waals surface area contributed by atoms with Crippen molar-refractivity contribution in [1.29, 1.82) is 0 Å². The van der Waals surface area contributed by atoms with Crippen molar-refractivity contribution in [3.8, 4) is 0 Å². The Morgan fingerprint density at radius 3 is 1.12 bits per heavy atom. The summed E-state index contributed by atoms with van der Waals surface area (Å²) >= 11 is 0. The van der Waals surface area contributed by atoms with E-state index in [9.17, 15) is 20.1 Å². The van der Waals surface area contributed by atoms with Gasteiger partial charge in [-0.3, -0.25) is 4.79 Å². The summed E-state index contributed by atoms with van der Waals surface area (Å²) < 4.78 is 0. The molecule has 52 heavy (non-hydrogen) atoms. The highest BCUT2D eigenvalue weighted by Gasteiger charge is 2.21. The Bertz CT molecular complexity index is 728. The molecule has 4 N–H and O–H groups in total. The van der Waals surface area contributed by atoms with Crippen molar-refractivity contribution >= 4 is 5.91 Å². The third-order valence-corrected chi connectivity index (χ3v) is 11.1. The molecule has 0 rings (SSSR count). The molecule has 0 saturated heterocycles. The van der Waals surface area contributed by atoms with Crippen LogP contribution < -0.4 is 5.32 Å². The van der Waals surface area contributed by atoms with Gasteiger partial charge in [0.2, 0.25) is 5.91 Å². The van der Waals surface area contributed by atoms with E-state index < -0.39 is 18.2 Å². The molecule has 0 aromatic rings. The van der Waals surface area contributed by atoms with Crippen LogP contribution >= 0.6 is 0 Å². The van der Waals surface area contributed by atoms with E-state index in [0.29, 0.717) is 12.8 Å². The van der Waals surface area contributed by atoms with Crippen molar-refractivity contribution in [2.45, 2.75) is 276 Å². The summed E-state index contributed by atoms with van der Waals surface area (Å²) in [6.07, 6.45) is 50.4. The first-order valence-corrected chi connectivity index (χ1v) is 23.5. The zero-order valence-electron chi connectivity index (χ0n) is 35.2. The first kappa shape index (κ1) is 51.1. The summed E-state index contributed by atoms with van der Waals surface area (Å²) in [5.74, 6) is -0.284. The van der Waals surface area contributed by atoms with Crippen LogP contribution in [0.15, 0.2) is 12.2 Å². The van der Waals surface area contributed by atoms with E-state index >= 15 is 0 Å². The fourth-order valence-electron chi connectivity index (χ4n) is 7.46. The van der Waals surface area contributed by atoms with Gasteiger partial charge in [-0.25, -0.2) is 0 Å². The molecule has 0 fully saturated rings. The molecule has 310 valence electrons. The molecular formula is C47H93NO4. The van der Waals surface area contributed by atoms with Gasteiger partial charge in [-0.1, -0.05) is 225 Å². The number of aliphatic hydroxyl groups is 3. The third kappa shape index (κ3) is 38.8. The second-order valence-corrected chi connectivity index (χ2v) is 16.4. The second-order valence-electron chi connectivity index (χ2n) is 16.4. The lowest BCUT2D eigenvalue weighted by atomic mass is 10.0. The fraction of sp³-hybridized carbons (Fsp3) is 0.936. The number of hydrogen-bond acceptors (Lipinski definition) is 4. The quantitative estimate of drug-likeness (QED) is 0.0371. The van der Waals surface area contributed by atoms with Gasteiger partial charge in [0.05, 0.1) is 31.3 Å². The van der Waals surface area contributed by atoms with Crippen LogP contribution in [0.3, 0.4) is 0 Å². The molecule has 0 saturated carbocycles. The number of carbonyl (C=O) groups is 1. The van der Waals surface area contributed by atoms with Crippen LogP contribution in [0.25, 0.3) is 0 Å². The lowest BCUT2D eigenvalue weighted by molar-refractivity contribution is -0.125. The van der Waals surface area contributed by atoms with E-state index in [4.69, 9.17) is 0 Å². The van der Waals surface area contributed by atoms with Crippen LogP contribution in [-0.4, -0.2) is 46.1 Å². The number of hydrogen-bond donors (Lipinski definition) is 4. The van der Waals surface area contributed by atoms with Gasteiger partial charge in [-0.15, -0.1) is 0 Å². The van der Waals surface area contributed by atoms with E-state index in [0.717, 1.165) is 32.1 Å². The number of carbonyl (C=O) groups excluding carboxylic acids is 1. The molecule has 5 nitrogen and oxygen atoms in total. The second kappa shape index (κ2) is 42.8. The van der Waals surface area contributed by atoms with Crippen LogP contribution in [-0.2, 0) is 4.79 Å². The normalized spacial score (nSPS) is 13.6. The molecule has 3 atom stereocenters. The van der Waals surface area contributed by atoms with Crippen molar-refractivity contribution < 1.29 is 20.1 Å². The van der Waals surface area contributed by atoms with Crippen LogP contribution in [0.1, 0.15) is 258 Å². The van der Waals surface area contributed by atoms with Crippen LogP contribution in [0.5, 0.6) is 0 Å². The summed E-state index contributed by atoms with van der Waals surface area (Å²) in [5.41, 5.74) is 0. The minimum atomic E-state index is -0.749. The Morgan fingerprint density at radius 1 is 0.462 bits per heavy atom. The van der Waals surface area contributed by atoms with Crippen molar-refractivity contribution in [1.82, 2.24) is 5.32 Å². The molecule has 0 aliphatic rings. The third-order valence-electron chi connectivity index (χ3n) is 11.1. The molecule has 0 aromatic carbocycles. The number of unbranched alkanes of at least 4 members (excludes halogenated alkanes) is 32. The van der Waals surface area contributed by atoms with Gasteiger partial charge in [0.15, 0.2) is 0 Å². The predicted molar refractivity (Wildman–Crippen MR) is 227 cm³/mol. The van der Waals surface area contributed by atoms with Crippen molar-refractivity contribution in [3.63, 3.8) is 0 Å². The summed E-state index contributed by atoms with van der Waals surface area (Å²) in [7, 11) is 0. The first-order chi connectivity index (χ1) is 25.5. The number of amides is 1. The smallest absolute Gasteiger partial charge is 0.222 e. The Labute approximate surface area is 325 Å². The Kier molecular flexibility index (Phi) is 42.1. The van der Waals surface area contributed by atoms with Crippen LogP contribution in [0, 0.1) is 0 Å². The number of nitrogens with one attached hydrogen (secondary N) is 1. The number of aliphatic hydroxyl groups excluding tert-OH is 3. The van der Waals surface area contributed by atoms with Gasteiger partial charge >= 0.3 is 0 Å². The largest absolute Gasteiger partial charge is 0.394 e. The average molecular weight is 736 g/mol. The highest BCUT2D eigenvalue weighted by atomic mass is 16.3.